The first-order valence-corrected chi connectivity index (χ1v) is 13.5. The van der Waals surface area contributed by atoms with E-state index in [9.17, 15) is 13.2 Å². The lowest BCUT2D eigenvalue weighted by Crippen LogP contribution is -2.45. The minimum atomic E-state index is -4.82. The molecule has 0 spiro atoms. The highest BCUT2D eigenvalue weighted by Gasteiger charge is 2.32. The summed E-state index contributed by atoms with van der Waals surface area (Å²) in [7, 11) is 2.16. The summed E-state index contributed by atoms with van der Waals surface area (Å²) >= 11 is 7.65. The molecule has 0 unspecified atom stereocenters. The van der Waals surface area contributed by atoms with Gasteiger partial charge in [0.15, 0.2) is 0 Å². The molecular formula is C25H25ClF3N7OS. The van der Waals surface area contributed by atoms with Crippen molar-refractivity contribution in [3.05, 3.63) is 47.0 Å². The maximum absolute atomic E-state index is 12.6. The molecule has 1 aliphatic carbocycles. The molecule has 0 amide bonds. The molecule has 8 nitrogen and oxygen atoms in total. The molecule has 38 heavy (non-hydrogen) atoms. The summed E-state index contributed by atoms with van der Waals surface area (Å²) in [5.41, 5.74) is 3.88. The SMILES string of the molecule is CN1CCN(CCn2cc3c(n2)CCc2c-3sc3ncnc(Nc4ccc(OC(F)(F)F)c(Cl)c4)c23)CC1. The van der Waals surface area contributed by atoms with E-state index in [-0.39, 0.29) is 5.02 Å². The number of halogens is 4. The van der Waals surface area contributed by atoms with Crippen LogP contribution in [0.2, 0.25) is 5.02 Å². The molecule has 3 aromatic heterocycles. The van der Waals surface area contributed by atoms with E-state index in [1.807, 2.05) is 0 Å². The number of likely N-dealkylation sites (N-methyl/N-ethyl adjacent to an activating group) is 1. The van der Waals surface area contributed by atoms with Crippen LogP contribution in [0, 0.1) is 0 Å². The first-order chi connectivity index (χ1) is 18.2. The number of alkyl halides is 3. The zero-order chi connectivity index (χ0) is 26.4. The Morgan fingerprint density at radius 3 is 2.68 bits per heavy atom. The lowest BCUT2D eigenvalue weighted by molar-refractivity contribution is -0.274. The van der Waals surface area contributed by atoms with Crippen molar-refractivity contribution >= 4 is 44.7 Å². The van der Waals surface area contributed by atoms with E-state index in [2.05, 4.69) is 47.7 Å². The Labute approximate surface area is 226 Å². The van der Waals surface area contributed by atoms with Crippen LogP contribution < -0.4 is 10.1 Å². The van der Waals surface area contributed by atoms with Crippen LogP contribution in [0.15, 0.2) is 30.7 Å². The van der Waals surface area contributed by atoms with Gasteiger partial charge in [-0.05, 0) is 43.7 Å². The van der Waals surface area contributed by atoms with Gasteiger partial charge in [-0.15, -0.1) is 24.5 Å². The summed E-state index contributed by atoms with van der Waals surface area (Å²) < 4.78 is 43.8. The largest absolute Gasteiger partial charge is 0.573 e. The van der Waals surface area contributed by atoms with E-state index in [0.717, 1.165) is 84.0 Å². The molecule has 1 N–H and O–H groups in total. The quantitative estimate of drug-likeness (QED) is 0.346. The number of fused-ring (bicyclic) bond motifs is 5. The van der Waals surface area contributed by atoms with E-state index in [1.54, 1.807) is 11.3 Å². The Morgan fingerprint density at radius 1 is 1.11 bits per heavy atom. The van der Waals surface area contributed by atoms with E-state index in [4.69, 9.17) is 16.7 Å². The summed E-state index contributed by atoms with van der Waals surface area (Å²) in [5, 5.41) is 8.85. The van der Waals surface area contributed by atoms with Crippen molar-refractivity contribution in [3.63, 3.8) is 0 Å². The van der Waals surface area contributed by atoms with Crippen molar-refractivity contribution in [2.75, 3.05) is 45.1 Å². The highest BCUT2D eigenvalue weighted by molar-refractivity contribution is 7.22. The van der Waals surface area contributed by atoms with Crippen LogP contribution in [0.5, 0.6) is 5.75 Å². The number of nitrogens with one attached hydrogen (secondary N) is 1. The third kappa shape index (κ3) is 5.18. The smallest absolute Gasteiger partial charge is 0.404 e. The Kier molecular flexibility index (Phi) is 6.67. The molecule has 200 valence electrons. The number of rotatable bonds is 6. The van der Waals surface area contributed by atoms with Crippen molar-refractivity contribution in [1.29, 1.82) is 0 Å². The number of thiophene rings is 1. The van der Waals surface area contributed by atoms with E-state index >= 15 is 0 Å². The van der Waals surface area contributed by atoms with Crippen molar-refractivity contribution < 1.29 is 17.9 Å². The lowest BCUT2D eigenvalue weighted by Gasteiger charge is -2.32. The van der Waals surface area contributed by atoms with Crippen LogP contribution in [-0.4, -0.2) is 75.7 Å². The monoisotopic (exact) mass is 563 g/mol. The fourth-order valence-electron chi connectivity index (χ4n) is 4.97. The second-order valence-corrected chi connectivity index (χ2v) is 10.9. The van der Waals surface area contributed by atoms with Gasteiger partial charge >= 0.3 is 6.36 Å². The zero-order valence-electron chi connectivity index (χ0n) is 20.6. The Morgan fingerprint density at radius 2 is 1.92 bits per heavy atom. The highest BCUT2D eigenvalue weighted by Crippen LogP contribution is 2.45. The molecule has 6 rings (SSSR count). The fraction of sp³-hybridized carbons (Fsp3) is 0.400. The number of ether oxygens (including phenoxy) is 1. The molecule has 0 bridgehead atoms. The van der Waals surface area contributed by atoms with Crippen LogP contribution in [0.4, 0.5) is 24.7 Å². The zero-order valence-corrected chi connectivity index (χ0v) is 22.1. The second kappa shape index (κ2) is 9.99. The first-order valence-electron chi connectivity index (χ1n) is 12.3. The number of nitrogens with zero attached hydrogens (tertiary/aromatic N) is 6. The van der Waals surface area contributed by atoms with Crippen LogP contribution in [0.25, 0.3) is 20.7 Å². The molecule has 1 fully saturated rings. The van der Waals surface area contributed by atoms with Crippen molar-refractivity contribution in [1.82, 2.24) is 29.5 Å². The van der Waals surface area contributed by atoms with Gasteiger partial charge in [0.25, 0.3) is 0 Å². The third-order valence-corrected chi connectivity index (χ3v) is 8.41. The number of anilines is 2. The van der Waals surface area contributed by atoms with Gasteiger partial charge in [-0.25, -0.2) is 9.97 Å². The third-order valence-electron chi connectivity index (χ3n) is 6.94. The topological polar surface area (TPSA) is 71.3 Å². The summed E-state index contributed by atoms with van der Waals surface area (Å²) in [6.45, 7) is 6.16. The molecule has 1 saturated heterocycles. The molecule has 1 aliphatic heterocycles. The van der Waals surface area contributed by atoms with Gasteiger partial charge < -0.3 is 15.0 Å². The van der Waals surface area contributed by atoms with Gasteiger partial charge in [-0.1, -0.05) is 11.6 Å². The highest BCUT2D eigenvalue weighted by atomic mass is 35.5. The number of hydrogen-bond acceptors (Lipinski definition) is 8. The first kappa shape index (κ1) is 25.4. The van der Waals surface area contributed by atoms with Gasteiger partial charge in [0.05, 0.1) is 22.6 Å². The predicted octanol–water partition coefficient (Wildman–Crippen LogP) is 5.20. The van der Waals surface area contributed by atoms with Gasteiger partial charge in [-0.3, -0.25) is 9.58 Å². The van der Waals surface area contributed by atoms with E-state index < -0.39 is 12.1 Å². The molecule has 0 saturated carbocycles. The van der Waals surface area contributed by atoms with Crippen molar-refractivity contribution in [3.8, 4) is 16.2 Å². The average Bonchev–Trinajstić information content (AvgIpc) is 3.46. The number of benzene rings is 1. The minimum absolute atomic E-state index is 0.154. The molecule has 4 heterocycles. The summed E-state index contributed by atoms with van der Waals surface area (Å²) in [4.78, 5) is 15.8. The molecular weight excluding hydrogens is 539 g/mol. The van der Waals surface area contributed by atoms with Gasteiger partial charge in [0, 0.05) is 55.0 Å². The van der Waals surface area contributed by atoms with Gasteiger partial charge in [-0.2, -0.15) is 5.10 Å². The molecule has 0 radical (unpaired) electrons. The number of piperazine rings is 1. The fourth-order valence-corrected chi connectivity index (χ4v) is 6.42. The minimum Gasteiger partial charge on any atom is -0.404 e. The summed E-state index contributed by atoms with van der Waals surface area (Å²) in [6.07, 6.45) is 0.427. The molecule has 2 aliphatic rings. The average molecular weight is 564 g/mol. The number of hydrogen-bond donors (Lipinski definition) is 1. The normalized spacial score (nSPS) is 16.4. The van der Waals surface area contributed by atoms with E-state index in [1.165, 1.54) is 24.5 Å². The Bertz CT molecular complexity index is 1480. The van der Waals surface area contributed by atoms with Crippen molar-refractivity contribution in [2.24, 2.45) is 0 Å². The Hall–Kier alpha value is -2.93. The standard InChI is InChI=1S/C25H25ClF3N7OS/c1-34-6-8-35(9-7-34)10-11-36-13-17-19(33-36)4-3-16-21-23(30-14-31-24(21)38-22(16)17)32-15-2-5-20(18(26)12-15)37-25(27,28)29/h2,5,12-14H,3-4,6-11H2,1H3,(H,30,31,32). The van der Waals surface area contributed by atoms with Gasteiger partial charge in [0.2, 0.25) is 0 Å². The maximum Gasteiger partial charge on any atom is 0.573 e. The predicted molar refractivity (Wildman–Crippen MR) is 141 cm³/mol. The summed E-state index contributed by atoms with van der Waals surface area (Å²) in [5.74, 6) is 0.126. The number of aryl methyl sites for hydroxylation is 2. The van der Waals surface area contributed by atoms with Gasteiger partial charge in [0.1, 0.15) is 22.7 Å². The van der Waals surface area contributed by atoms with Crippen LogP contribution in [0.3, 0.4) is 0 Å². The van der Waals surface area contributed by atoms with Crippen LogP contribution in [0.1, 0.15) is 11.3 Å². The second-order valence-electron chi connectivity index (χ2n) is 9.53. The molecule has 4 aromatic rings. The molecule has 13 heteroatoms. The maximum atomic E-state index is 12.6. The van der Waals surface area contributed by atoms with Crippen molar-refractivity contribution in [2.45, 2.75) is 25.7 Å². The van der Waals surface area contributed by atoms with E-state index in [0.29, 0.717) is 11.5 Å². The summed E-state index contributed by atoms with van der Waals surface area (Å²) in [6, 6.07) is 4.04. The molecule has 0 atom stereocenters. The lowest BCUT2D eigenvalue weighted by atomic mass is 9.95. The number of aromatic nitrogens is 4. The van der Waals surface area contributed by atoms with Crippen LogP contribution in [-0.2, 0) is 19.4 Å². The van der Waals surface area contributed by atoms with Crippen LogP contribution >= 0.6 is 22.9 Å². The Balaban J connectivity index is 1.25. The molecule has 1 aromatic carbocycles.